The molecule has 0 unspecified atom stereocenters. The fraction of sp³-hybridized carbons (Fsp3) is 0.105. The molecule has 0 spiro atoms. The van der Waals surface area contributed by atoms with E-state index in [1.54, 1.807) is 43.3 Å². The van der Waals surface area contributed by atoms with Gasteiger partial charge in [-0.15, -0.1) is 0 Å². The van der Waals surface area contributed by atoms with Crippen molar-refractivity contribution in [3.63, 3.8) is 0 Å². The summed E-state index contributed by atoms with van der Waals surface area (Å²) in [6.07, 6.45) is 0.977. The molecule has 1 aromatic heterocycles. The van der Waals surface area contributed by atoms with Gasteiger partial charge in [0.2, 0.25) is 16.0 Å². The molecular formula is C19H20FN7O3S. The molecule has 12 heteroatoms. The molecule has 7 N–H and O–H groups in total. The van der Waals surface area contributed by atoms with E-state index in [9.17, 15) is 17.6 Å². The Hall–Kier alpha value is -3.77. The van der Waals surface area contributed by atoms with E-state index in [2.05, 4.69) is 25.9 Å². The van der Waals surface area contributed by atoms with Crippen molar-refractivity contribution in [3.8, 4) is 0 Å². The zero-order chi connectivity index (χ0) is 22.6. The first-order valence-corrected chi connectivity index (χ1v) is 10.5. The summed E-state index contributed by atoms with van der Waals surface area (Å²) in [5, 5.41) is 13.4. The number of primary amides is 1. The number of urea groups is 1. The highest BCUT2D eigenvalue weighted by Gasteiger charge is 2.13. The quantitative estimate of drug-likeness (QED) is 0.372. The second kappa shape index (κ2) is 8.93. The Morgan fingerprint density at radius 1 is 1.13 bits per heavy atom. The van der Waals surface area contributed by atoms with E-state index < -0.39 is 21.9 Å². The SMILES string of the molecule is Cc1ccc(Nc2ncc(F)c(Nc3cccc(CNC(N)=O)c3)n2)cc1S(N)(=O)=O. The average Bonchev–Trinajstić information content (AvgIpc) is 2.70. The first-order chi connectivity index (χ1) is 14.6. The second-order valence-electron chi connectivity index (χ2n) is 6.58. The highest BCUT2D eigenvalue weighted by molar-refractivity contribution is 7.89. The van der Waals surface area contributed by atoms with E-state index in [1.165, 1.54) is 6.07 Å². The highest BCUT2D eigenvalue weighted by Crippen LogP contribution is 2.23. The van der Waals surface area contributed by atoms with Crippen LogP contribution in [-0.2, 0) is 16.6 Å². The Morgan fingerprint density at radius 3 is 2.58 bits per heavy atom. The van der Waals surface area contributed by atoms with Gasteiger partial charge in [0.05, 0.1) is 11.1 Å². The van der Waals surface area contributed by atoms with Crippen LogP contribution in [0.25, 0.3) is 0 Å². The molecule has 0 radical (unpaired) electrons. The van der Waals surface area contributed by atoms with E-state index in [0.717, 1.165) is 11.8 Å². The number of nitrogens with zero attached hydrogens (tertiary/aromatic N) is 2. The lowest BCUT2D eigenvalue weighted by Crippen LogP contribution is -2.28. The Balaban J connectivity index is 1.82. The highest BCUT2D eigenvalue weighted by atomic mass is 32.2. The van der Waals surface area contributed by atoms with Gasteiger partial charge in [0.15, 0.2) is 11.6 Å². The number of nitrogens with two attached hydrogens (primary N) is 2. The number of benzene rings is 2. The Labute approximate surface area is 177 Å². The lowest BCUT2D eigenvalue weighted by Gasteiger charge is -2.12. The molecule has 0 atom stereocenters. The third kappa shape index (κ3) is 5.87. The van der Waals surface area contributed by atoms with E-state index >= 15 is 0 Å². The molecule has 0 saturated heterocycles. The van der Waals surface area contributed by atoms with Crippen molar-refractivity contribution in [3.05, 3.63) is 65.6 Å². The smallest absolute Gasteiger partial charge is 0.312 e. The number of nitrogens with one attached hydrogen (secondary N) is 3. The number of aryl methyl sites for hydroxylation is 1. The van der Waals surface area contributed by atoms with Crippen LogP contribution < -0.4 is 26.8 Å². The molecule has 0 aliphatic heterocycles. The zero-order valence-electron chi connectivity index (χ0n) is 16.4. The number of hydrogen-bond acceptors (Lipinski definition) is 7. The molecule has 0 aliphatic rings. The summed E-state index contributed by atoms with van der Waals surface area (Å²) in [7, 11) is -3.91. The van der Waals surface area contributed by atoms with Crippen molar-refractivity contribution in [2.45, 2.75) is 18.4 Å². The Kier molecular flexibility index (Phi) is 6.32. The number of rotatable bonds is 7. The number of carbonyl (C=O) groups excluding carboxylic acids is 1. The first kappa shape index (κ1) is 21.9. The molecule has 3 rings (SSSR count). The number of anilines is 4. The number of aromatic nitrogens is 2. The number of amides is 2. The van der Waals surface area contributed by atoms with Crippen molar-refractivity contribution < 1.29 is 17.6 Å². The lowest BCUT2D eigenvalue weighted by atomic mass is 10.2. The average molecular weight is 445 g/mol. The second-order valence-corrected chi connectivity index (χ2v) is 8.11. The minimum Gasteiger partial charge on any atom is -0.352 e. The van der Waals surface area contributed by atoms with E-state index in [-0.39, 0.29) is 23.2 Å². The van der Waals surface area contributed by atoms with Crippen molar-refractivity contribution in [2.75, 3.05) is 10.6 Å². The third-order valence-electron chi connectivity index (χ3n) is 4.15. The normalized spacial score (nSPS) is 11.1. The Bertz CT molecular complexity index is 1230. The van der Waals surface area contributed by atoms with Gasteiger partial charge in [0, 0.05) is 17.9 Å². The van der Waals surface area contributed by atoms with E-state index in [4.69, 9.17) is 10.9 Å². The molecule has 0 saturated carbocycles. The molecule has 162 valence electrons. The fourth-order valence-electron chi connectivity index (χ4n) is 2.71. The summed E-state index contributed by atoms with van der Waals surface area (Å²) in [6, 6.07) is 10.8. The summed E-state index contributed by atoms with van der Waals surface area (Å²) in [5.41, 5.74) is 7.19. The summed E-state index contributed by atoms with van der Waals surface area (Å²) < 4.78 is 37.6. The van der Waals surface area contributed by atoms with Crippen molar-refractivity contribution >= 4 is 39.2 Å². The molecule has 3 aromatic rings. The standard InChI is InChI=1S/C19H20FN7O3S/c1-11-5-6-14(8-16(11)31(22,29)30)26-19-24-10-15(20)17(27-19)25-13-4-2-3-12(7-13)9-23-18(21)28/h2-8,10H,9H2,1H3,(H3,21,23,28)(H2,22,29,30)(H2,24,25,26,27). The van der Waals surface area contributed by atoms with Gasteiger partial charge in [-0.1, -0.05) is 18.2 Å². The molecular weight excluding hydrogens is 425 g/mol. The number of halogens is 1. The maximum absolute atomic E-state index is 14.2. The van der Waals surface area contributed by atoms with Crippen LogP contribution in [0, 0.1) is 12.7 Å². The van der Waals surface area contributed by atoms with Gasteiger partial charge in [-0.05, 0) is 42.3 Å². The molecule has 2 aromatic carbocycles. The summed E-state index contributed by atoms with van der Waals surface area (Å²) in [5.74, 6) is -0.753. The van der Waals surface area contributed by atoms with Gasteiger partial charge in [-0.25, -0.2) is 27.7 Å². The van der Waals surface area contributed by atoms with Gasteiger partial charge in [0.25, 0.3) is 0 Å². The van der Waals surface area contributed by atoms with Crippen LogP contribution in [-0.4, -0.2) is 24.4 Å². The van der Waals surface area contributed by atoms with Crippen molar-refractivity contribution in [2.24, 2.45) is 10.9 Å². The topological polar surface area (TPSA) is 165 Å². The van der Waals surface area contributed by atoms with Crippen molar-refractivity contribution in [1.29, 1.82) is 0 Å². The third-order valence-corrected chi connectivity index (χ3v) is 5.20. The minimum absolute atomic E-state index is 0.0414. The van der Waals surface area contributed by atoms with Crippen LogP contribution in [0.15, 0.2) is 53.6 Å². The van der Waals surface area contributed by atoms with E-state index in [1.807, 2.05) is 0 Å². The van der Waals surface area contributed by atoms with Gasteiger partial charge >= 0.3 is 6.03 Å². The number of sulfonamides is 1. The molecule has 0 bridgehead atoms. The van der Waals surface area contributed by atoms with Crippen LogP contribution in [0.1, 0.15) is 11.1 Å². The number of primary sulfonamides is 1. The Morgan fingerprint density at radius 2 is 1.87 bits per heavy atom. The maximum Gasteiger partial charge on any atom is 0.312 e. The first-order valence-electron chi connectivity index (χ1n) is 8.94. The number of carbonyl (C=O) groups is 1. The fourth-order valence-corrected chi connectivity index (χ4v) is 3.52. The van der Waals surface area contributed by atoms with Crippen LogP contribution in [0.4, 0.5) is 32.3 Å². The summed E-state index contributed by atoms with van der Waals surface area (Å²) >= 11 is 0. The van der Waals surface area contributed by atoms with Crippen molar-refractivity contribution in [1.82, 2.24) is 15.3 Å². The minimum atomic E-state index is -3.91. The monoisotopic (exact) mass is 445 g/mol. The van der Waals surface area contributed by atoms with Crippen LogP contribution in [0.2, 0.25) is 0 Å². The summed E-state index contributed by atoms with van der Waals surface area (Å²) in [6.45, 7) is 1.83. The van der Waals surface area contributed by atoms with Crippen LogP contribution in [0.3, 0.4) is 0 Å². The van der Waals surface area contributed by atoms with E-state index in [0.29, 0.717) is 16.9 Å². The predicted octanol–water partition coefficient (Wildman–Crippen LogP) is 2.23. The van der Waals surface area contributed by atoms with Gasteiger partial charge in [0.1, 0.15) is 0 Å². The molecule has 0 aliphatic carbocycles. The zero-order valence-corrected chi connectivity index (χ0v) is 17.2. The van der Waals surface area contributed by atoms with Gasteiger partial charge in [-0.3, -0.25) is 0 Å². The largest absolute Gasteiger partial charge is 0.352 e. The maximum atomic E-state index is 14.2. The summed E-state index contributed by atoms with van der Waals surface area (Å²) in [4.78, 5) is 18.8. The lowest BCUT2D eigenvalue weighted by molar-refractivity contribution is 0.248. The van der Waals surface area contributed by atoms with Crippen LogP contribution in [0.5, 0.6) is 0 Å². The van der Waals surface area contributed by atoms with Gasteiger partial charge in [-0.2, -0.15) is 4.98 Å². The van der Waals surface area contributed by atoms with Crippen LogP contribution >= 0.6 is 0 Å². The molecule has 1 heterocycles. The number of hydrogen-bond donors (Lipinski definition) is 5. The molecule has 0 fully saturated rings. The molecule has 2 amide bonds. The molecule has 10 nitrogen and oxygen atoms in total. The predicted molar refractivity (Wildman–Crippen MR) is 114 cm³/mol. The van der Waals surface area contributed by atoms with Gasteiger partial charge < -0.3 is 21.7 Å². The molecule has 31 heavy (non-hydrogen) atoms.